The summed E-state index contributed by atoms with van der Waals surface area (Å²) in [5.74, 6) is 1.99. The van der Waals surface area contributed by atoms with E-state index in [1.165, 1.54) is 60.6 Å². The highest BCUT2D eigenvalue weighted by molar-refractivity contribution is 6.99. The van der Waals surface area contributed by atoms with E-state index in [0.29, 0.717) is 0 Å². The van der Waals surface area contributed by atoms with Crippen LogP contribution in [0.25, 0.3) is 38.6 Å². The molecule has 0 bridgehead atoms. The Labute approximate surface area is 217 Å². The quantitative estimate of drug-likeness (QED) is 0.242. The molecule has 0 N–H and O–H groups in total. The summed E-state index contributed by atoms with van der Waals surface area (Å²) >= 11 is 0. The third-order valence-corrected chi connectivity index (χ3v) is 8.17. The van der Waals surface area contributed by atoms with Crippen LogP contribution in [0.4, 0.5) is 0 Å². The van der Waals surface area contributed by atoms with Crippen LogP contribution < -0.4 is 21.1 Å². The van der Waals surface area contributed by atoms with E-state index >= 15 is 0 Å². The number of hydrogen-bond acceptors (Lipinski definition) is 1. The van der Waals surface area contributed by atoms with Crippen LogP contribution >= 0.6 is 0 Å². The van der Waals surface area contributed by atoms with Crippen LogP contribution in [0.1, 0.15) is 26.3 Å². The van der Waals surface area contributed by atoms with E-state index in [0.717, 1.165) is 11.5 Å². The van der Waals surface area contributed by atoms with Crippen molar-refractivity contribution in [3.05, 3.63) is 109 Å². The highest BCUT2D eigenvalue weighted by atomic mass is 16.5. The highest BCUT2D eigenvalue weighted by Crippen LogP contribution is 2.43. The summed E-state index contributed by atoms with van der Waals surface area (Å²) in [6.45, 7) is 6.99. The first-order valence-electron chi connectivity index (χ1n) is 13.1. The van der Waals surface area contributed by atoms with Gasteiger partial charge in [-0.25, -0.2) is 0 Å². The van der Waals surface area contributed by atoms with E-state index < -0.39 is 0 Å². The Morgan fingerprint density at radius 1 is 0.676 bits per heavy atom. The van der Waals surface area contributed by atoms with E-state index in [1.54, 1.807) is 0 Å². The lowest BCUT2D eigenvalue weighted by Gasteiger charge is -2.36. The van der Waals surface area contributed by atoms with Crippen molar-refractivity contribution in [2.24, 2.45) is 0 Å². The van der Waals surface area contributed by atoms with Crippen LogP contribution in [-0.4, -0.2) is 11.3 Å². The van der Waals surface area contributed by atoms with Gasteiger partial charge in [-0.05, 0) is 57.2 Å². The minimum absolute atomic E-state index is 0.0633. The average Bonchev–Trinajstić information content (AvgIpc) is 3.26. The maximum absolute atomic E-state index is 6.82. The molecule has 37 heavy (non-hydrogen) atoms. The molecule has 5 aromatic carbocycles. The van der Waals surface area contributed by atoms with Crippen LogP contribution in [-0.2, 0) is 5.41 Å². The molecular weight excluding hydrogens is 449 g/mol. The molecule has 176 valence electrons. The topological polar surface area (TPSA) is 14.2 Å². The Bertz CT molecular complexity index is 1890. The molecule has 0 spiro atoms. The summed E-state index contributed by atoms with van der Waals surface area (Å²) < 4.78 is 9.30. The van der Waals surface area contributed by atoms with Gasteiger partial charge in [-0.1, -0.05) is 99.6 Å². The van der Waals surface area contributed by atoms with Crippen molar-refractivity contribution in [3.8, 4) is 28.3 Å². The Morgan fingerprint density at radius 2 is 1.43 bits per heavy atom. The lowest BCUT2D eigenvalue weighted by molar-refractivity contribution is 0.460. The summed E-state index contributed by atoms with van der Waals surface area (Å²) in [6, 6.07) is 37.5. The van der Waals surface area contributed by atoms with Crippen LogP contribution in [0.2, 0.25) is 0 Å². The molecule has 2 aliphatic heterocycles. The smallest absolute Gasteiger partial charge is 0.256 e. The molecule has 0 fully saturated rings. The van der Waals surface area contributed by atoms with Gasteiger partial charge in [0, 0.05) is 22.0 Å². The first kappa shape index (κ1) is 20.9. The molecule has 0 amide bonds. The molecule has 2 aliphatic rings. The minimum atomic E-state index is -0.0633. The number of para-hydroxylation sites is 2. The molecule has 3 heterocycles. The van der Waals surface area contributed by atoms with Crippen LogP contribution in [0.15, 0.2) is 103 Å². The van der Waals surface area contributed by atoms with E-state index in [-0.39, 0.29) is 12.1 Å². The third kappa shape index (κ3) is 2.77. The standard InChI is InChI=1S/C34H26BNO/c1-34(2,3)25-20-24-23-13-7-9-15-28(23)36-29-18-17-22(21-11-5-4-6-12-21)19-27(29)35-26-14-8-10-16-30(26)37-33(25)31(35)32(24)36/h4-20H,1-3H3. The minimum Gasteiger partial charge on any atom is -0.458 e. The van der Waals surface area contributed by atoms with Gasteiger partial charge >= 0.3 is 0 Å². The number of benzene rings is 5. The fourth-order valence-corrected chi connectivity index (χ4v) is 6.52. The Kier molecular flexibility index (Phi) is 4.05. The molecular formula is C34H26BNO. The number of nitrogens with zero attached hydrogens (tertiary/aromatic N) is 1. The van der Waals surface area contributed by atoms with Crippen LogP contribution in [0.3, 0.4) is 0 Å². The van der Waals surface area contributed by atoms with Crippen LogP contribution in [0.5, 0.6) is 11.5 Å². The summed E-state index contributed by atoms with van der Waals surface area (Å²) in [6.07, 6.45) is 0. The normalized spacial score (nSPS) is 13.4. The number of ether oxygens (including phenoxy) is 1. The SMILES string of the molecule is CC(C)(C)c1cc2c3ccccc3n3c2c2c1Oc1ccccc1B2c1cc(-c2ccccc2)ccc1-3. The van der Waals surface area contributed by atoms with Gasteiger partial charge in [0.1, 0.15) is 11.5 Å². The first-order valence-corrected chi connectivity index (χ1v) is 13.1. The molecule has 0 unspecified atom stereocenters. The van der Waals surface area contributed by atoms with E-state index in [2.05, 4.69) is 128 Å². The second-order valence-electron chi connectivity index (χ2n) is 11.4. The fourth-order valence-electron chi connectivity index (χ4n) is 6.52. The molecule has 0 radical (unpaired) electrons. The van der Waals surface area contributed by atoms with Crippen molar-refractivity contribution in [2.75, 3.05) is 0 Å². The number of fused-ring (bicyclic) bond motifs is 8. The van der Waals surface area contributed by atoms with Crippen molar-refractivity contribution < 1.29 is 4.74 Å². The molecule has 1 aromatic heterocycles. The van der Waals surface area contributed by atoms with Crippen molar-refractivity contribution in [1.82, 2.24) is 4.57 Å². The van der Waals surface area contributed by atoms with Crippen LogP contribution in [0, 0.1) is 0 Å². The summed E-state index contributed by atoms with van der Waals surface area (Å²) in [4.78, 5) is 0. The lowest BCUT2D eigenvalue weighted by atomic mass is 9.34. The highest BCUT2D eigenvalue weighted by Gasteiger charge is 2.42. The van der Waals surface area contributed by atoms with Gasteiger partial charge < -0.3 is 9.30 Å². The monoisotopic (exact) mass is 475 g/mol. The average molecular weight is 475 g/mol. The van der Waals surface area contributed by atoms with Crippen molar-refractivity contribution in [3.63, 3.8) is 0 Å². The van der Waals surface area contributed by atoms with E-state index in [9.17, 15) is 0 Å². The van der Waals surface area contributed by atoms with E-state index in [4.69, 9.17) is 4.74 Å². The molecule has 3 heteroatoms. The Hall–Kier alpha value is -4.24. The molecule has 2 nitrogen and oxygen atoms in total. The zero-order valence-electron chi connectivity index (χ0n) is 21.2. The van der Waals surface area contributed by atoms with Gasteiger partial charge in [0.05, 0.1) is 11.0 Å². The second kappa shape index (κ2) is 7.17. The van der Waals surface area contributed by atoms with Gasteiger partial charge in [-0.15, -0.1) is 0 Å². The summed E-state index contributed by atoms with van der Waals surface area (Å²) in [7, 11) is 0. The Balaban J connectivity index is 1.58. The first-order chi connectivity index (χ1) is 18.0. The molecule has 6 aromatic rings. The van der Waals surface area contributed by atoms with Gasteiger partial charge in [-0.2, -0.15) is 0 Å². The summed E-state index contributed by atoms with van der Waals surface area (Å²) in [5.41, 5.74) is 11.3. The number of hydrogen-bond donors (Lipinski definition) is 0. The maximum Gasteiger partial charge on any atom is 0.256 e. The molecule has 0 aliphatic carbocycles. The molecule has 8 rings (SSSR count). The summed E-state index contributed by atoms with van der Waals surface area (Å²) in [5, 5.41) is 2.61. The molecule has 0 atom stereocenters. The van der Waals surface area contributed by atoms with E-state index in [1.807, 2.05) is 0 Å². The van der Waals surface area contributed by atoms with Crippen molar-refractivity contribution >= 4 is 44.9 Å². The third-order valence-electron chi connectivity index (χ3n) is 8.17. The van der Waals surface area contributed by atoms with Gasteiger partial charge in [0.15, 0.2) is 0 Å². The van der Waals surface area contributed by atoms with Gasteiger partial charge in [-0.3, -0.25) is 0 Å². The predicted molar refractivity (Wildman–Crippen MR) is 156 cm³/mol. The molecule has 0 saturated heterocycles. The zero-order valence-corrected chi connectivity index (χ0v) is 21.2. The predicted octanol–water partition coefficient (Wildman–Crippen LogP) is 6.68. The largest absolute Gasteiger partial charge is 0.458 e. The molecule has 0 saturated carbocycles. The van der Waals surface area contributed by atoms with Gasteiger partial charge in [0.2, 0.25) is 0 Å². The van der Waals surface area contributed by atoms with Crippen molar-refractivity contribution in [1.29, 1.82) is 0 Å². The zero-order chi connectivity index (χ0) is 24.9. The number of rotatable bonds is 1. The second-order valence-corrected chi connectivity index (χ2v) is 11.4. The maximum atomic E-state index is 6.82. The Morgan fingerprint density at radius 3 is 2.27 bits per heavy atom. The number of aromatic nitrogens is 1. The van der Waals surface area contributed by atoms with Crippen molar-refractivity contribution in [2.45, 2.75) is 26.2 Å². The lowest BCUT2D eigenvalue weighted by Crippen LogP contribution is -2.58. The van der Waals surface area contributed by atoms with Gasteiger partial charge in [0.25, 0.3) is 6.71 Å². The fraction of sp³-hybridized carbons (Fsp3) is 0.118.